The second kappa shape index (κ2) is 6.87. The molecule has 1 N–H and O–H groups in total. The molecule has 1 heterocycles. The van der Waals surface area contributed by atoms with Gasteiger partial charge >= 0.3 is 6.18 Å². The van der Waals surface area contributed by atoms with Crippen molar-refractivity contribution in [3.8, 4) is 0 Å². The lowest BCUT2D eigenvalue weighted by atomic mass is 10.00. The number of hydrogen-bond donors (Lipinski definition) is 1. The molecule has 1 fully saturated rings. The van der Waals surface area contributed by atoms with E-state index in [0.29, 0.717) is 11.5 Å². The van der Waals surface area contributed by atoms with Gasteiger partial charge in [-0.05, 0) is 36.0 Å². The normalized spacial score (nSPS) is 16.1. The summed E-state index contributed by atoms with van der Waals surface area (Å²) >= 11 is 0. The lowest BCUT2D eigenvalue weighted by Crippen LogP contribution is -2.33. The van der Waals surface area contributed by atoms with Crippen molar-refractivity contribution in [2.24, 2.45) is 0 Å². The second-order valence-electron chi connectivity index (χ2n) is 7.08. The van der Waals surface area contributed by atoms with Crippen LogP contribution in [0.4, 0.5) is 13.2 Å². The first-order chi connectivity index (χ1) is 12.2. The third-order valence-corrected chi connectivity index (χ3v) is 4.63. The summed E-state index contributed by atoms with van der Waals surface area (Å²) in [4.78, 5) is 12.2. The summed E-state index contributed by atoms with van der Waals surface area (Å²) in [6.45, 7) is 3.76. The SMILES string of the molecule is CC(C)c1ccc(C(O)Cn2nc(C3CC3)cc(C(F)(F)F)c2=O)cc1. The summed E-state index contributed by atoms with van der Waals surface area (Å²) in [5.41, 5.74) is -0.560. The molecule has 1 saturated carbocycles. The van der Waals surface area contributed by atoms with E-state index < -0.39 is 23.4 Å². The van der Waals surface area contributed by atoms with Crippen LogP contribution in [0.25, 0.3) is 0 Å². The molecule has 1 aliphatic carbocycles. The summed E-state index contributed by atoms with van der Waals surface area (Å²) in [6, 6.07) is 8.02. The summed E-state index contributed by atoms with van der Waals surface area (Å²) in [6.07, 6.45) is -4.32. The largest absolute Gasteiger partial charge is 0.421 e. The maximum Gasteiger partial charge on any atom is 0.421 e. The number of rotatable bonds is 5. The highest BCUT2D eigenvalue weighted by molar-refractivity contribution is 5.26. The molecule has 1 atom stereocenters. The molecule has 0 radical (unpaired) electrons. The zero-order chi connectivity index (χ0) is 19.1. The van der Waals surface area contributed by atoms with Gasteiger partial charge in [-0.2, -0.15) is 18.3 Å². The molecular weight excluding hydrogens is 345 g/mol. The van der Waals surface area contributed by atoms with Crippen molar-refractivity contribution in [2.45, 2.75) is 57.3 Å². The predicted octanol–water partition coefficient (Wildman–Crippen LogP) is 4.00. The van der Waals surface area contributed by atoms with Gasteiger partial charge in [0.25, 0.3) is 5.56 Å². The van der Waals surface area contributed by atoms with E-state index in [1.807, 2.05) is 26.0 Å². The van der Waals surface area contributed by atoms with E-state index in [-0.39, 0.29) is 18.2 Å². The molecule has 7 heteroatoms. The molecule has 0 saturated heterocycles. The van der Waals surface area contributed by atoms with Crippen LogP contribution in [0.15, 0.2) is 35.1 Å². The molecule has 3 rings (SSSR count). The van der Waals surface area contributed by atoms with E-state index in [0.717, 1.165) is 29.2 Å². The van der Waals surface area contributed by atoms with Crippen LogP contribution in [0.2, 0.25) is 0 Å². The first-order valence-electron chi connectivity index (χ1n) is 8.64. The van der Waals surface area contributed by atoms with Crippen molar-refractivity contribution in [1.82, 2.24) is 9.78 Å². The first kappa shape index (κ1) is 18.6. The van der Waals surface area contributed by atoms with Crippen LogP contribution in [-0.2, 0) is 12.7 Å². The van der Waals surface area contributed by atoms with Crippen molar-refractivity contribution in [2.75, 3.05) is 0 Å². The Labute approximate surface area is 149 Å². The number of halogens is 3. The molecule has 0 bridgehead atoms. The average Bonchev–Trinajstić information content (AvgIpc) is 3.40. The molecule has 1 aromatic heterocycles. The quantitative estimate of drug-likeness (QED) is 0.870. The van der Waals surface area contributed by atoms with Crippen molar-refractivity contribution in [1.29, 1.82) is 0 Å². The van der Waals surface area contributed by atoms with Crippen molar-refractivity contribution < 1.29 is 18.3 Å². The Balaban J connectivity index is 1.91. The Hall–Kier alpha value is -2.15. The number of hydrogen-bond acceptors (Lipinski definition) is 3. The zero-order valence-electron chi connectivity index (χ0n) is 14.6. The highest BCUT2D eigenvalue weighted by atomic mass is 19.4. The molecular formula is C19H21F3N2O2. The van der Waals surface area contributed by atoms with E-state index in [2.05, 4.69) is 5.10 Å². The Bertz CT molecular complexity index is 837. The minimum absolute atomic E-state index is 0.0366. The van der Waals surface area contributed by atoms with E-state index in [1.54, 1.807) is 12.1 Å². The van der Waals surface area contributed by atoms with E-state index in [4.69, 9.17) is 0 Å². The van der Waals surface area contributed by atoms with Gasteiger partial charge in [0.2, 0.25) is 0 Å². The summed E-state index contributed by atoms with van der Waals surface area (Å²) in [5.74, 6) is 0.292. The minimum Gasteiger partial charge on any atom is -0.386 e. The van der Waals surface area contributed by atoms with Gasteiger partial charge in [0.1, 0.15) is 5.56 Å². The van der Waals surface area contributed by atoms with Crippen LogP contribution < -0.4 is 5.56 Å². The third kappa shape index (κ3) is 3.98. The Morgan fingerprint density at radius 3 is 2.27 bits per heavy atom. The molecule has 1 aliphatic rings. The number of benzene rings is 1. The Morgan fingerprint density at radius 1 is 1.19 bits per heavy atom. The number of aliphatic hydroxyl groups excluding tert-OH is 1. The zero-order valence-corrected chi connectivity index (χ0v) is 14.6. The summed E-state index contributed by atoms with van der Waals surface area (Å²) < 4.78 is 40.3. The van der Waals surface area contributed by atoms with Gasteiger partial charge in [0, 0.05) is 5.92 Å². The summed E-state index contributed by atoms with van der Waals surface area (Å²) in [7, 11) is 0. The number of aliphatic hydroxyl groups is 1. The topological polar surface area (TPSA) is 55.1 Å². The predicted molar refractivity (Wildman–Crippen MR) is 91.0 cm³/mol. The molecule has 0 aliphatic heterocycles. The molecule has 2 aromatic rings. The van der Waals surface area contributed by atoms with Crippen molar-refractivity contribution in [3.63, 3.8) is 0 Å². The fourth-order valence-electron chi connectivity index (χ4n) is 2.84. The number of nitrogens with zero attached hydrogens (tertiary/aromatic N) is 2. The average molecular weight is 366 g/mol. The van der Waals surface area contributed by atoms with Crippen LogP contribution in [-0.4, -0.2) is 14.9 Å². The molecule has 4 nitrogen and oxygen atoms in total. The van der Waals surface area contributed by atoms with Crippen molar-refractivity contribution in [3.05, 3.63) is 63.1 Å². The van der Waals surface area contributed by atoms with Crippen molar-refractivity contribution >= 4 is 0 Å². The molecule has 1 unspecified atom stereocenters. The third-order valence-electron chi connectivity index (χ3n) is 4.63. The maximum absolute atomic E-state index is 13.2. The molecule has 1 aromatic carbocycles. The lowest BCUT2D eigenvalue weighted by Gasteiger charge is -2.16. The van der Waals surface area contributed by atoms with Gasteiger partial charge in [-0.25, -0.2) is 4.68 Å². The fraction of sp³-hybridized carbons (Fsp3) is 0.474. The van der Waals surface area contributed by atoms with Crippen LogP contribution in [0.1, 0.15) is 67.0 Å². The van der Waals surface area contributed by atoms with Gasteiger partial charge in [0.05, 0.1) is 18.3 Å². The highest BCUT2D eigenvalue weighted by Crippen LogP contribution is 2.40. The van der Waals surface area contributed by atoms with Gasteiger partial charge in [-0.1, -0.05) is 38.1 Å². The Kier molecular flexibility index (Phi) is 4.92. The Morgan fingerprint density at radius 2 is 1.77 bits per heavy atom. The number of alkyl halides is 3. The minimum atomic E-state index is -4.74. The van der Waals surface area contributed by atoms with Crippen LogP contribution >= 0.6 is 0 Å². The van der Waals surface area contributed by atoms with E-state index in [1.165, 1.54) is 0 Å². The van der Waals surface area contributed by atoms with E-state index >= 15 is 0 Å². The maximum atomic E-state index is 13.2. The fourth-order valence-corrected chi connectivity index (χ4v) is 2.84. The smallest absolute Gasteiger partial charge is 0.386 e. The van der Waals surface area contributed by atoms with Gasteiger partial charge in [0.15, 0.2) is 0 Å². The number of aromatic nitrogens is 2. The van der Waals surface area contributed by atoms with Gasteiger partial charge in [-0.15, -0.1) is 0 Å². The molecule has 0 amide bonds. The summed E-state index contributed by atoms with van der Waals surface area (Å²) in [5, 5.41) is 14.4. The molecule has 0 spiro atoms. The highest BCUT2D eigenvalue weighted by Gasteiger charge is 2.37. The van der Waals surface area contributed by atoms with E-state index in [9.17, 15) is 23.1 Å². The standard InChI is InChI=1S/C19H21F3N2O2/c1-11(2)12-3-7-14(8-4-12)17(25)10-24-18(26)15(19(20,21)22)9-16(23-24)13-5-6-13/h3-4,7-9,11,13,17,25H,5-6,10H2,1-2H3. The second-order valence-corrected chi connectivity index (χ2v) is 7.08. The first-order valence-corrected chi connectivity index (χ1v) is 8.64. The molecule has 26 heavy (non-hydrogen) atoms. The van der Waals surface area contributed by atoms with Crippen LogP contribution in [0.3, 0.4) is 0 Å². The monoisotopic (exact) mass is 366 g/mol. The molecule has 140 valence electrons. The van der Waals surface area contributed by atoms with Gasteiger partial charge < -0.3 is 5.11 Å². The van der Waals surface area contributed by atoms with Crippen LogP contribution in [0.5, 0.6) is 0 Å². The van der Waals surface area contributed by atoms with Gasteiger partial charge in [-0.3, -0.25) is 4.79 Å². The lowest BCUT2D eigenvalue weighted by molar-refractivity contribution is -0.139. The van der Waals surface area contributed by atoms with Crippen LogP contribution in [0, 0.1) is 0 Å².